The lowest BCUT2D eigenvalue weighted by Gasteiger charge is -2.07. The number of aryl methyl sites for hydroxylation is 1. The van der Waals surface area contributed by atoms with Crippen LogP contribution in [-0.2, 0) is 0 Å². The highest BCUT2D eigenvalue weighted by atomic mass is 15.3. The Labute approximate surface area is 142 Å². The Bertz CT molecular complexity index is 936. The highest BCUT2D eigenvalue weighted by Gasteiger charge is 2.12. The van der Waals surface area contributed by atoms with Crippen LogP contribution in [0.5, 0.6) is 0 Å². The van der Waals surface area contributed by atoms with Gasteiger partial charge in [0.15, 0.2) is 0 Å². The molecule has 24 heavy (non-hydrogen) atoms. The summed E-state index contributed by atoms with van der Waals surface area (Å²) >= 11 is 0. The molecular formula is C22H18N2. The first-order valence-electron chi connectivity index (χ1n) is 8.09. The highest BCUT2D eigenvalue weighted by molar-refractivity contribution is 5.70. The SMILES string of the molecule is Cc1ccc(-n2nc(-c3ccccc3)cc2-c2ccccc2)cc1. The van der Waals surface area contributed by atoms with E-state index in [0.29, 0.717) is 0 Å². The van der Waals surface area contributed by atoms with Gasteiger partial charge in [0.05, 0.1) is 17.1 Å². The minimum atomic E-state index is 0.982. The summed E-state index contributed by atoms with van der Waals surface area (Å²) in [7, 11) is 0. The van der Waals surface area contributed by atoms with Crippen molar-refractivity contribution in [2.24, 2.45) is 0 Å². The van der Waals surface area contributed by atoms with Crippen molar-refractivity contribution in [3.63, 3.8) is 0 Å². The molecule has 116 valence electrons. The van der Waals surface area contributed by atoms with Gasteiger partial charge in [-0.3, -0.25) is 0 Å². The van der Waals surface area contributed by atoms with Crippen LogP contribution in [0.1, 0.15) is 5.56 Å². The fraction of sp³-hybridized carbons (Fsp3) is 0.0455. The molecule has 0 aliphatic heterocycles. The Kier molecular flexibility index (Phi) is 3.72. The molecule has 4 aromatic rings. The van der Waals surface area contributed by atoms with E-state index >= 15 is 0 Å². The maximum absolute atomic E-state index is 4.87. The third kappa shape index (κ3) is 2.74. The predicted molar refractivity (Wildman–Crippen MR) is 99.2 cm³/mol. The molecule has 0 saturated heterocycles. The van der Waals surface area contributed by atoms with Gasteiger partial charge in [0.2, 0.25) is 0 Å². The van der Waals surface area contributed by atoms with Crippen molar-refractivity contribution < 1.29 is 0 Å². The van der Waals surface area contributed by atoms with Gasteiger partial charge in [-0.1, -0.05) is 78.4 Å². The molecule has 4 rings (SSSR count). The van der Waals surface area contributed by atoms with Crippen LogP contribution in [0.25, 0.3) is 28.2 Å². The van der Waals surface area contributed by atoms with E-state index in [4.69, 9.17) is 5.10 Å². The second kappa shape index (κ2) is 6.17. The molecule has 1 heterocycles. The summed E-state index contributed by atoms with van der Waals surface area (Å²) in [5, 5.41) is 4.87. The Morgan fingerprint density at radius 1 is 0.667 bits per heavy atom. The van der Waals surface area contributed by atoms with Crippen LogP contribution in [0.4, 0.5) is 0 Å². The van der Waals surface area contributed by atoms with Crippen LogP contribution >= 0.6 is 0 Å². The van der Waals surface area contributed by atoms with Crippen LogP contribution in [0, 0.1) is 6.92 Å². The van der Waals surface area contributed by atoms with E-state index in [0.717, 1.165) is 28.2 Å². The lowest BCUT2D eigenvalue weighted by molar-refractivity contribution is 0.891. The van der Waals surface area contributed by atoms with Gasteiger partial charge < -0.3 is 0 Å². The zero-order valence-corrected chi connectivity index (χ0v) is 13.6. The first-order valence-corrected chi connectivity index (χ1v) is 8.09. The lowest BCUT2D eigenvalue weighted by atomic mass is 10.1. The minimum Gasteiger partial charge on any atom is -0.232 e. The second-order valence-electron chi connectivity index (χ2n) is 5.89. The first-order chi connectivity index (χ1) is 11.8. The molecule has 0 N–H and O–H groups in total. The number of hydrogen-bond donors (Lipinski definition) is 0. The number of aromatic nitrogens is 2. The average molecular weight is 310 g/mol. The molecule has 0 amide bonds. The van der Waals surface area contributed by atoms with Gasteiger partial charge in [-0.05, 0) is 25.1 Å². The average Bonchev–Trinajstić information content (AvgIpc) is 3.09. The summed E-state index contributed by atoms with van der Waals surface area (Å²) < 4.78 is 2.02. The van der Waals surface area contributed by atoms with E-state index < -0.39 is 0 Å². The molecule has 0 aliphatic rings. The molecule has 2 heteroatoms. The van der Waals surface area contributed by atoms with Crippen molar-refractivity contribution in [1.82, 2.24) is 9.78 Å². The van der Waals surface area contributed by atoms with Gasteiger partial charge in [0.1, 0.15) is 0 Å². The van der Waals surface area contributed by atoms with Crippen molar-refractivity contribution in [3.05, 3.63) is 96.6 Å². The quantitative estimate of drug-likeness (QED) is 0.487. The van der Waals surface area contributed by atoms with Gasteiger partial charge in [-0.15, -0.1) is 0 Å². The smallest absolute Gasteiger partial charge is 0.0934 e. The summed E-state index contributed by atoms with van der Waals surface area (Å²) in [6, 6.07) is 31.3. The normalized spacial score (nSPS) is 10.7. The van der Waals surface area contributed by atoms with Crippen molar-refractivity contribution >= 4 is 0 Å². The maximum atomic E-state index is 4.87. The van der Waals surface area contributed by atoms with E-state index in [1.165, 1.54) is 5.56 Å². The van der Waals surface area contributed by atoms with Crippen LogP contribution < -0.4 is 0 Å². The van der Waals surface area contributed by atoms with Gasteiger partial charge in [0, 0.05) is 11.1 Å². The van der Waals surface area contributed by atoms with Crippen molar-refractivity contribution in [1.29, 1.82) is 0 Å². The predicted octanol–water partition coefficient (Wildman–Crippen LogP) is 5.51. The van der Waals surface area contributed by atoms with E-state index in [9.17, 15) is 0 Å². The second-order valence-corrected chi connectivity index (χ2v) is 5.89. The molecule has 0 radical (unpaired) electrons. The molecular weight excluding hydrogens is 292 g/mol. The molecule has 0 bridgehead atoms. The zero-order chi connectivity index (χ0) is 16.4. The number of rotatable bonds is 3. The van der Waals surface area contributed by atoms with Gasteiger partial charge >= 0.3 is 0 Å². The third-order valence-electron chi connectivity index (χ3n) is 4.13. The molecule has 0 fully saturated rings. The molecule has 0 aliphatic carbocycles. The molecule has 1 aromatic heterocycles. The molecule has 0 atom stereocenters. The van der Waals surface area contributed by atoms with Crippen molar-refractivity contribution in [2.45, 2.75) is 6.92 Å². The summed E-state index contributed by atoms with van der Waals surface area (Å²) in [4.78, 5) is 0. The van der Waals surface area contributed by atoms with Crippen LogP contribution in [-0.4, -0.2) is 9.78 Å². The summed E-state index contributed by atoms with van der Waals surface area (Å²) in [5.74, 6) is 0. The molecule has 3 aromatic carbocycles. The fourth-order valence-electron chi connectivity index (χ4n) is 2.83. The monoisotopic (exact) mass is 310 g/mol. The lowest BCUT2D eigenvalue weighted by Crippen LogP contribution is -1.99. The van der Waals surface area contributed by atoms with Crippen LogP contribution in [0.15, 0.2) is 91.0 Å². The molecule has 2 nitrogen and oxygen atoms in total. The fourth-order valence-corrected chi connectivity index (χ4v) is 2.83. The van der Waals surface area contributed by atoms with E-state index in [-0.39, 0.29) is 0 Å². The highest BCUT2D eigenvalue weighted by Crippen LogP contribution is 2.28. The Balaban J connectivity index is 1.90. The Morgan fingerprint density at radius 2 is 1.25 bits per heavy atom. The number of hydrogen-bond acceptors (Lipinski definition) is 1. The van der Waals surface area contributed by atoms with Crippen LogP contribution in [0.2, 0.25) is 0 Å². The van der Waals surface area contributed by atoms with Gasteiger partial charge in [-0.25, -0.2) is 4.68 Å². The maximum Gasteiger partial charge on any atom is 0.0934 e. The van der Waals surface area contributed by atoms with Crippen LogP contribution in [0.3, 0.4) is 0 Å². The molecule has 0 spiro atoms. The van der Waals surface area contributed by atoms with Gasteiger partial charge in [-0.2, -0.15) is 5.10 Å². The Morgan fingerprint density at radius 3 is 1.88 bits per heavy atom. The topological polar surface area (TPSA) is 17.8 Å². The van der Waals surface area contributed by atoms with E-state index in [1.807, 2.05) is 28.9 Å². The summed E-state index contributed by atoms with van der Waals surface area (Å²) in [6.07, 6.45) is 0. The molecule has 0 saturated carbocycles. The first kappa shape index (κ1) is 14.5. The summed E-state index contributed by atoms with van der Waals surface area (Å²) in [5.41, 5.74) is 6.68. The third-order valence-corrected chi connectivity index (χ3v) is 4.13. The molecule has 0 unspecified atom stereocenters. The van der Waals surface area contributed by atoms with Crippen molar-refractivity contribution in [2.75, 3.05) is 0 Å². The standard InChI is InChI=1S/C22H18N2/c1-17-12-14-20(15-13-17)24-22(19-10-6-3-7-11-19)16-21(23-24)18-8-4-2-5-9-18/h2-16H,1H3. The zero-order valence-electron chi connectivity index (χ0n) is 13.6. The van der Waals surface area contributed by atoms with E-state index in [2.05, 4.69) is 73.7 Å². The Hall–Kier alpha value is -3.13. The number of nitrogens with zero attached hydrogens (tertiary/aromatic N) is 2. The summed E-state index contributed by atoms with van der Waals surface area (Å²) in [6.45, 7) is 2.10. The van der Waals surface area contributed by atoms with E-state index in [1.54, 1.807) is 0 Å². The minimum absolute atomic E-state index is 0.982. The van der Waals surface area contributed by atoms with Crippen molar-refractivity contribution in [3.8, 4) is 28.2 Å². The van der Waals surface area contributed by atoms with Gasteiger partial charge in [0.25, 0.3) is 0 Å². The number of benzene rings is 3. The largest absolute Gasteiger partial charge is 0.232 e.